The van der Waals surface area contributed by atoms with Gasteiger partial charge in [-0.3, -0.25) is 14.4 Å². The van der Waals surface area contributed by atoms with Gasteiger partial charge >= 0.3 is 5.97 Å². The van der Waals surface area contributed by atoms with E-state index < -0.39 is 52.9 Å². The number of para-hydroxylation sites is 1. The second-order valence-corrected chi connectivity index (χ2v) is 12.1. The minimum atomic E-state index is -1.29. The van der Waals surface area contributed by atoms with E-state index in [1.165, 1.54) is 11.0 Å². The quantitative estimate of drug-likeness (QED) is 0.279. The molecule has 1 N–H and O–H groups in total. The van der Waals surface area contributed by atoms with Crippen LogP contribution in [0.25, 0.3) is 0 Å². The number of halogens is 1. The van der Waals surface area contributed by atoms with Crippen LogP contribution in [0.4, 0.5) is 5.69 Å². The monoisotopic (exact) mass is 606 g/mol. The van der Waals surface area contributed by atoms with Crippen LogP contribution < -0.4 is 4.90 Å². The van der Waals surface area contributed by atoms with Crippen LogP contribution in [0, 0.1) is 18.8 Å². The van der Waals surface area contributed by atoms with E-state index in [9.17, 15) is 19.5 Å². The van der Waals surface area contributed by atoms with Crippen molar-refractivity contribution in [3.05, 3.63) is 90.0 Å². The van der Waals surface area contributed by atoms with Gasteiger partial charge in [0.1, 0.15) is 24.2 Å². The molecule has 9 heteroatoms. The number of aryl methyl sites for hydroxylation is 1. The van der Waals surface area contributed by atoms with Crippen LogP contribution in [0.15, 0.2) is 73.8 Å². The Morgan fingerprint density at radius 2 is 1.93 bits per heavy atom. The number of esters is 1. The molecule has 1 spiro atoms. The lowest BCUT2D eigenvalue weighted by Crippen LogP contribution is -2.59. The number of carbonyl (C=O) groups is 3. The zero-order chi connectivity index (χ0) is 30.9. The van der Waals surface area contributed by atoms with E-state index in [0.717, 1.165) is 11.1 Å². The maximum absolute atomic E-state index is 15.0. The first-order chi connectivity index (χ1) is 20.7. The number of hydrogen-bond acceptors (Lipinski definition) is 6. The first-order valence-electron chi connectivity index (χ1n) is 14.8. The summed E-state index contributed by atoms with van der Waals surface area (Å²) in [6.07, 6.45) is 4.78. The summed E-state index contributed by atoms with van der Waals surface area (Å²) < 4.78 is 12.4. The maximum Gasteiger partial charge on any atom is 0.313 e. The molecule has 0 saturated carbocycles. The number of benzene rings is 2. The lowest BCUT2D eigenvalue weighted by molar-refractivity contribution is -0.161. The Morgan fingerprint density at radius 1 is 1.19 bits per heavy atom. The Kier molecular flexibility index (Phi) is 8.84. The van der Waals surface area contributed by atoms with Gasteiger partial charge in [-0.1, -0.05) is 79.7 Å². The lowest BCUT2D eigenvalue weighted by atomic mass is 9.65. The number of carbonyl (C=O) groups excluding carboxylic acids is 3. The molecular weight excluding hydrogens is 568 g/mol. The van der Waals surface area contributed by atoms with Gasteiger partial charge in [-0.15, -0.1) is 6.58 Å². The highest BCUT2D eigenvalue weighted by Crippen LogP contribution is 2.65. The van der Waals surface area contributed by atoms with Crippen molar-refractivity contribution in [2.45, 2.75) is 62.8 Å². The highest BCUT2D eigenvalue weighted by atomic mass is 35.5. The van der Waals surface area contributed by atoms with E-state index in [-0.39, 0.29) is 19.8 Å². The van der Waals surface area contributed by atoms with Gasteiger partial charge in [0, 0.05) is 6.54 Å². The Morgan fingerprint density at radius 3 is 2.56 bits per heavy atom. The third-order valence-electron chi connectivity index (χ3n) is 9.40. The Bertz CT molecular complexity index is 1390. The van der Waals surface area contributed by atoms with Gasteiger partial charge in [-0.05, 0) is 49.8 Å². The second kappa shape index (κ2) is 12.3. The van der Waals surface area contributed by atoms with Crippen LogP contribution in [0.2, 0.25) is 5.02 Å². The van der Waals surface area contributed by atoms with Gasteiger partial charge in [-0.25, -0.2) is 0 Å². The van der Waals surface area contributed by atoms with E-state index in [4.69, 9.17) is 21.1 Å². The van der Waals surface area contributed by atoms with Crippen LogP contribution in [0.1, 0.15) is 37.3 Å². The molecule has 228 valence electrons. The summed E-state index contributed by atoms with van der Waals surface area (Å²) in [6.45, 7) is 11.1. The fraction of sp³-hybridized carbons (Fsp3) is 0.441. The molecule has 2 aromatic rings. The van der Waals surface area contributed by atoms with Crippen molar-refractivity contribution in [1.29, 1.82) is 0 Å². The number of rotatable bonds is 12. The van der Waals surface area contributed by atoms with Crippen molar-refractivity contribution in [3.63, 3.8) is 0 Å². The van der Waals surface area contributed by atoms with Crippen LogP contribution in [-0.4, -0.2) is 70.8 Å². The molecule has 0 aromatic heterocycles. The highest BCUT2D eigenvalue weighted by molar-refractivity contribution is 6.34. The standard InChI is InChI=1S/C34H39ClN2O6/c1-5-18-36(28-22(4)12-11-15-25(28)35)31(40)29-34-17-16-33(7-3,43-34)27(32(41)42-19-6-2)26(34)30(39)37(29)24(21-38)20-23-13-9-8-10-14-23/h5-6,8-15,24,26-27,29,38H,1-2,7,16-21H2,3-4H3/t24-,26+,27-,29?,33+,34?/m1/s1. The summed E-state index contributed by atoms with van der Waals surface area (Å²) in [5.41, 5.74) is -0.0354. The fourth-order valence-electron chi connectivity index (χ4n) is 7.59. The molecule has 2 amide bonds. The van der Waals surface area contributed by atoms with E-state index in [0.29, 0.717) is 36.4 Å². The number of aliphatic hydroxyl groups is 1. The van der Waals surface area contributed by atoms with Crippen molar-refractivity contribution < 1.29 is 29.0 Å². The van der Waals surface area contributed by atoms with Gasteiger partial charge in [0.25, 0.3) is 5.91 Å². The molecule has 3 aliphatic rings. The molecule has 6 atom stereocenters. The van der Waals surface area contributed by atoms with Gasteiger partial charge in [0.15, 0.2) is 0 Å². The third-order valence-corrected chi connectivity index (χ3v) is 9.71. The third kappa shape index (κ3) is 4.99. The van der Waals surface area contributed by atoms with E-state index >= 15 is 0 Å². The predicted octanol–water partition coefficient (Wildman–Crippen LogP) is 4.66. The molecule has 2 unspecified atom stereocenters. The van der Waals surface area contributed by atoms with Crippen LogP contribution in [0.5, 0.6) is 0 Å². The first-order valence-corrected chi connectivity index (χ1v) is 15.2. The molecule has 3 heterocycles. The van der Waals surface area contributed by atoms with Gasteiger partial charge in [0.05, 0.1) is 34.9 Å². The van der Waals surface area contributed by atoms with Crippen molar-refractivity contribution in [3.8, 4) is 0 Å². The number of aliphatic hydroxyl groups excluding tert-OH is 1. The Labute approximate surface area is 257 Å². The minimum absolute atomic E-state index is 0.00127. The Hall–Kier alpha value is -3.46. The Balaban J connectivity index is 1.67. The topological polar surface area (TPSA) is 96.4 Å². The number of anilines is 1. The van der Waals surface area contributed by atoms with Gasteiger partial charge in [0.2, 0.25) is 5.91 Å². The van der Waals surface area contributed by atoms with Crippen molar-refractivity contribution >= 4 is 35.1 Å². The highest BCUT2D eigenvalue weighted by Gasteiger charge is 2.79. The largest absolute Gasteiger partial charge is 0.461 e. The molecule has 0 radical (unpaired) electrons. The number of fused-ring (bicyclic) bond motifs is 1. The van der Waals surface area contributed by atoms with E-state index in [1.807, 2.05) is 56.3 Å². The van der Waals surface area contributed by atoms with E-state index in [1.54, 1.807) is 17.0 Å². The molecule has 2 aromatic carbocycles. The summed E-state index contributed by atoms with van der Waals surface area (Å²) >= 11 is 6.67. The zero-order valence-electron chi connectivity index (χ0n) is 24.7. The predicted molar refractivity (Wildman–Crippen MR) is 165 cm³/mol. The number of nitrogens with zero attached hydrogens (tertiary/aromatic N) is 2. The van der Waals surface area contributed by atoms with Crippen molar-refractivity contribution in [2.75, 3.05) is 24.7 Å². The SMILES string of the molecule is C=CCOC(=O)[C@H]1[C@H]2C(=O)N([C@@H](CO)Cc3ccccc3)C(C(=O)N(CC=C)c3c(C)cccc3Cl)C23CC[C@]1(CC)O3. The molecule has 0 aliphatic carbocycles. The summed E-state index contributed by atoms with van der Waals surface area (Å²) in [5.74, 6) is -3.17. The van der Waals surface area contributed by atoms with Crippen LogP contribution >= 0.6 is 11.6 Å². The first kappa shape index (κ1) is 31.0. The molecule has 5 rings (SSSR count). The second-order valence-electron chi connectivity index (χ2n) is 11.7. The van der Waals surface area contributed by atoms with E-state index in [2.05, 4.69) is 13.2 Å². The molecule has 2 bridgehead atoms. The summed E-state index contributed by atoms with van der Waals surface area (Å²) in [7, 11) is 0. The van der Waals surface area contributed by atoms with Crippen molar-refractivity contribution in [1.82, 2.24) is 4.90 Å². The number of hydrogen-bond donors (Lipinski definition) is 1. The number of ether oxygens (including phenoxy) is 2. The van der Waals surface area contributed by atoms with Gasteiger partial charge < -0.3 is 24.4 Å². The normalized spacial score (nSPS) is 28.0. The average Bonchev–Trinajstić information content (AvgIpc) is 3.62. The lowest BCUT2D eigenvalue weighted by Gasteiger charge is -2.40. The summed E-state index contributed by atoms with van der Waals surface area (Å²) in [4.78, 5) is 46.3. The minimum Gasteiger partial charge on any atom is -0.461 e. The number of likely N-dealkylation sites (tertiary alicyclic amines) is 1. The molecule has 3 saturated heterocycles. The van der Waals surface area contributed by atoms with Crippen molar-refractivity contribution in [2.24, 2.45) is 11.8 Å². The summed E-state index contributed by atoms with van der Waals surface area (Å²) in [5, 5.41) is 11.1. The zero-order valence-corrected chi connectivity index (χ0v) is 25.5. The fourth-order valence-corrected chi connectivity index (χ4v) is 7.91. The molecule has 3 fully saturated rings. The molecule has 3 aliphatic heterocycles. The molecular formula is C34H39ClN2O6. The number of amides is 2. The molecule has 43 heavy (non-hydrogen) atoms. The summed E-state index contributed by atoms with van der Waals surface area (Å²) in [6, 6.07) is 13.0. The molecule has 8 nitrogen and oxygen atoms in total. The smallest absolute Gasteiger partial charge is 0.313 e. The maximum atomic E-state index is 15.0. The van der Waals surface area contributed by atoms with Crippen LogP contribution in [0.3, 0.4) is 0 Å². The van der Waals surface area contributed by atoms with Gasteiger partial charge in [-0.2, -0.15) is 0 Å². The van der Waals surface area contributed by atoms with Crippen LogP contribution in [-0.2, 0) is 30.3 Å². The average molecular weight is 607 g/mol.